The number of aliphatic hydroxyl groups excluding tert-OH is 1. The zero-order valence-corrected chi connectivity index (χ0v) is 12.5. The van der Waals surface area contributed by atoms with Crippen LogP contribution in [0.4, 0.5) is 11.4 Å². The first-order valence-electron chi connectivity index (χ1n) is 6.58. The van der Waals surface area contributed by atoms with Crippen molar-refractivity contribution in [3.8, 4) is 11.3 Å². The Labute approximate surface area is 120 Å². The fraction of sp³-hybridized carbons (Fsp3) is 0.312. The Kier molecular flexibility index (Phi) is 4.25. The van der Waals surface area contributed by atoms with Gasteiger partial charge in [-0.2, -0.15) is 0 Å². The van der Waals surface area contributed by atoms with Crippen molar-refractivity contribution in [3.05, 3.63) is 42.1 Å². The van der Waals surface area contributed by atoms with Gasteiger partial charge in [0.25, 0.3) is 0 Å². The van der Waals surface area contributed by atoms with Crippen molar-refractivity contribution in [2.75, 3.05) is 38.0 Å². The van der Waals surface area contributed by atoms with Gasteiger partial charge in [-0.15, -0.1) is 0 Å². The third-order valence-corrected chi connectivity index (χ3v) is 3.24. The molecule has 2 aromatic rings. The van der Waals surface area contributed by atoms with E-state index < -0.39 is 0 Å². The van der Waals surface area contributed by atoms with Crippen molar-refractivity contribution < 1.29 is 5.11 Å². The smallest absolute Gasteiger partial charge is 0.0706 e. The summed E-state index contributed by atoms with van der Waals surface area (Å²) in [5.41, 5.74) is 5.11. The van der Waals surface area contributed by atoms with Gasteiger partial charge in [0, 0.05) is 40.0 Å². The second-order valence-corrected chi connectivity index (χ2v) is 5.20. The van der Waals surface area contributed by atoms with E-state index in [1.54, 1.807) is 6.20 Å². The normalized spacial score (nSPS) is 10.4. The van der Waals surface area contributed by atoms with Crippen molar-refractivity contribution in [1.82, 2.24) is 4.98 Å². The Morgan fingerprint density at radius 2 is 1.65 bits per heavy atom. The van der Waals surface area contributed by atoms with Gasteiger partial charge in [0.15, 0.2) is 0 Å². The van der Waals surface area contributed by atoms with Crippen LogP contribution in [0.25, 0.3) is 11.3 Å². The number of aromatic nitrogens is 1. The van der Waals surface area contributed by atoms with Crippen LogP contribution >= 0.6 is 0 Å². The first kappa shape index (κ1) is 14.3. The summed E-state index contributed by atoms with van der Waals surface area (Å²) in [6, 6.07) is 10.0. The minimum absolute atomic E-state index is 0.0336. The molecule has 1 aromatic heterocycles. The average Bonchev–Trinajstić information content (AvgIpc) is 2.46. The average molecular weight is 271 g/mol. The number of hydrogen-bond acceptors (Lipinski definition) is 4. The van der Waals surface area contributed by atoms with Crippen LogP contribution in [0.1, 0.15) is 5.56 Å². The van der Waals surface area contributed by atoms with Crippen molar-refractivity contribution in [2.24, 2.45) is 0 Å². The Morgan fingerprint density at radius 3 is 2.25 bits per heavy atom. The van der Waals surface area contributed by atoms with Crippen LogP contribution in [0.15, 0.2) is 36.5 Å². The van der Waals surface area contributed by atoms with Gasteiger partial charge in [0.1, 0.15) is 0 Å². The van der Waals surface area contributed by atoms with Gasteiger partial charge >= 0.3 is 0 Å². The van der Waals surface area contributed by atoms with E-state index in [1.165, 1.54) is 0 Å². The zero-order chi connectivity index (χ0) is 14.7. The van der Waals surface area contributed by atoms with Crippen LogP contribution in [0, 0.1) is 0 Å². The van der Waals surface area contributed by atoms with Gasteiger partial charge in [-0.1, -0.05) is 6.07 Å². The summed E-state index contributed by atoms with van der Waals surface area (Å²) in [6.45, 7) is 0.0336. The van der Waals surface area contributed by atoms with Crippen LogP contribution in [-0.4, -0.2) is 38.3 Å². The molecule has 0 saturated carbocycles. The van der Waals surface area contributed by atoms with E-state index in [2.05, 4.69) is 33.0 Å². The van der Waals surface area contributed by atoms with Crippen LogP contribution in [0.2, 0.25) is 0 Å². The maximum absolute atomic E-state index is 9.23. The number of hydrogen-bond donors (Lipinski definition) is 1. The van der Waals surface area contributed by atoms with Crippen molar-refractivity contribution in [1.29, 1.82) is 0 Å². The number of pyridine rings is 1. The number of nitrogens with zero attached hydrogens (tertiary/aromatic N) is 3. The molecule has 0 unspecified atom stereocenters. The summed E-state index contributed by atoms with van der Waals surface area (Å²) in [7, 11) is 8.13. The highest BCUT2D eigenvalue weighted by molar-refractivity contribution is 5.77. The molecule has 0 radical (unpaired) electrons. The van der Waals surface area contributed by atoms with E-state index in [9.17, 15) is 5.11 Å². The molecule has 0 atom stereocenters. The van der Waals surface area contributed by atoms with Crippen LogP contribution < -0.4 is 9.80 Å². The van der Waals surface area contributed by atoms with Crippen LogP contribution in [-0.2, 0) is 6.61 Å². The number of anilines is 2. The first-order chi connectivity index (χ1) is 9.52. The minimum Gasteiger partial charge on any atom is -0.392 e. The fourth-order valence-electron chi connectivity index (χ4n) is 2.15. The molecule has 0 aliphatic heterocycles. The van der Waals surface area contributed by atoms with E-state index in [4.69, 9.17) is 0 Å². The van der Waals surface area contributed by atoms with E-state index >= 15 is 0 Å². The monoisotopic (exact) mass is 271 g/mol. The van der Waals surface area contributed by atoms with E-state index in [1.807, 2.05) is 40.3 Å². The minimum atomic E-state index is 0.0336. The van der Waals surface area contributed by atoms with Crippen molar-refractivity contribution in [2.45, 2.75) is 6.61 Å². The van der Waals surface area contributed by atoms with Crippen molar-refractivity contribution in [3.63, 3.8) is 0 Å². The second-order valence-electron chi connectivity index (χ2n) is 5.20. The van der Waals surface area contributed by atoms with Crippen molar-refractivity contribution >= 4 is 11.4 Å². The molecule has 1 N–H and O–H groups in total. The Bertz CT molecular complexity index is 594. The molecule has 1 aromatic carbocycles. The summed E-state index contributed by atoms with van der Waals surface area (Å²) in [4.78, 5) is 8.58. The quantitative estimate of drug-likeness (QED) is 0.926. The highest BCUT2D eigenvalue weighted by Crippen LogP contribution is 2.31. The molecule has 0 aliphatic rings. The van der Waals surface area contributed by atoms with Gasteiger partial charge < -0.3 is 14.9 Å². The van der Waals surface area contributed by atoms with E-state index in [0.717, 1.165) is 28.2 Å². The molecule has 0 amide bonds. The molecule has 0 bridgehead atoms. The Hall–Kier alpha value is -2.07. The van der Waals surface area contributed by atoms with Gasteiger partial charge in [-0.3, -0.25) is 4.98 Å². The maximum atomic E-state index is 9.23. The van der Waals surface area contributed by atoms with Gasteiger partial charge in [0.05, 0.1) is 23.7 Å². The molecular formula is C16H21N3O. The topological polar surface area (TPSA) is 39.6 Å². The molecule has 0 fully saturated rings. The predicted octanol–water partition coefficient (Wildman–Crippen LogP) is 2.37. The van der Waals surface area contributed by atoms with Crippen LogP contribution in [0.3, 0.4) is 0 Å². The Morgan fingerprint density at radius 1 is 0.950 bits per heavy atom. The summed E-state index contributed by atoms with van der Waals surface area (Å²) >= 11 is 0. The largest absolute Gasteiger partial charge is 0.392 e. The van der Waals surface area contributed by atoms with Crippen LogP contribution in [0.5, 0.6) is 0 Å². The molecule has 0 saturated heterocycles. The fourth-order valence-corrected chi connectivity index (χ4v) is 2.15. The van der Waals surface area contributed by atoms with Gasteiger partial charge in [0.2, 0.25) is 0 Å². The molecule has 4 heteroatoms. The summed E-state index contributed by atoms with van der Waals surface area (Å²) in [5.74, 6) is 0. The maximum Gasteiger partial charge on any atom is 0.0706 e. The van der Waals surface area contributed by atoms with E-state index in [0.29, 0.717) is 0 Å². The Balaban J connectivity index is 2.50. The molecule has 4 nitrogen and oxygen atoms in total. The number of aliphatic hydroxyl groups is 1. The number of benzene rings is 1. The first-order valence-corrected chi connectivity index (χ1v) is 6.58. The molecule has 106 valence electrons. The SMILES string of the molecule is CN(C)c1ccc(-c2cc(CO)ccn2)cc1N(C)C. The lowest BCUT2D eigenvalue weighted by molar-refractivity contribution is 0.282. The second kappa shape index (κ2) is 5.92. The summed E-state index contributed by atoms with van der Waals surface area (Å²) in [5, 5.41) is 9.23. The molecule has 0 spiro atoms. The lowest BCUT2D eigenvalue weighted by Crippen LogP contribution is -2.16. The third kappa shape index (κ3) is 2.91. The molecule has 0 aliphatic carbocycles. The molecule has 2 rings (SSSR count). The summed E-state index contributed by atoms with van der Waals surface area (Å²) in [6.07, 6.45) is 1.73. The van der Waals surface area contributed by atoms with E-state index in [-0.39, 0.29) is 6.61 Å². The summed E-state index contributed by atoms with van der Waals surface area (Å²) < 4.78 is 0. The number of rotatable bonds is 4. The zero-order valence-electron chi connectivity index (χ0n) is 12.5. The molecule has 20 heavy (non-hydrogen) atoms. The van der Waals surface area contributed by atoms with Gasteiger partial charge in [-0.05, 0) is 29.8 Å². The standard InChI is InChI=1S/C16H21N3O/c1-18(2)15-6-5-13(10-16(15)19(3)4)14-9-12(11-20)7-8-17-14/h5-10,20H,11H2,1-4H3. The molecule has 1 heterocycles. The lowest BCUT2D eigenvalue weighted by Gasteiger charge is -2.23. The third-order valence-electron chi connectivity index (χ3n) is 3.24. The highest BCUT2D eigenvalue weighted by Gasteiger charge is 2.09. The van der Waals surface area contributed by atoms with Gasteiger partial charge in [-0.25, -0.2) is 0 Å². The molecular weight excluding hydrogens is 250 g/mol. The predicted molar refractivity (Wildman–Crippen MR) is 84.2 cm³/mol. The highest BCUT2D eigenvalue weighted by atomic mass is 16.3. The lowest BCUT2D eigenvalue weighted by atomic mass is 10.1.